The van der Waals surface area contributed by atoms with E-state index in [1.165, 1.54) is 40.6 Å². The van der Waals surface area contributed by atoms with Crippen molar-refractivity contribution in [1.82, 2.24) is 14.5 Å². The lowest BCUT2D eigenvalue weighted by Crippen LogP contribution is -2.47. The number of allylic oxidation sites excluding steroid dienone is 2. The number of sulfone groups is 1. The number of rotatable bonds is 18. The molecule has 0 aromatic heterocycles. The first kappa shape index (κ1) is 49.6. The third-order valence-electron chi connectivity index (χ3n) is 12.4. The molecule has 1 aliphatic carbocycles. The molecule has 0 unspecified atom stereocenters. The van der Waals surface area contributed by atoms with Crippen LogP contribution < -0.4 is 14.9 Å². The molecular formula is C47H62F3N5O6S3. The van der Waals surface area contributed by atoms with Gasteiger partial charge in [-0.15, -0.1) is 11.8 Å². The minimum Gasteiger partial charge on any atom is -0.393 e. The third-order valence-corrected chi connectivity index (χ3v) is 16.5. The molecule has 2 saturated heterocycles. The number of hydrogen-bond donors (Lipinski definition) is 3. The largest absolute Gasteiger partial charge is 0.501 e. The molecule has 3 aliphatic rings. The van der Waals surface area contributed by atoms with Crippen LogP contribution in [0, 0.1) is 5.41 Å². The molecule has 0 radical (unpaired) electrons. The second kappa shape index (κ2) is 21.2. The van der Waals surface area contributed by atoms with E-state index >= 15 is 0 Å². The van der Waals surface area contributed by atoms with Gasteiger partial charge in [0.05, 0.1) is 16.7 Å². The van der Waals surface area contributed by atoms with Crippen LogP contribution in [0.5, 0.6) is 0 Å². The Kier molecular flexibility index (Phi) is 16.4. The summed E-state index contributed by atoms with van der Waals surface area (Å²) in [5.74, 6) is -0.670. The Labute approximate surface area is 381 Å². The van der Waals surface area contributed by atoms with E-state index in [1.807, 2.05) is 35.1 Å². The van der Waals surface area contributed by atoms with Gasteiger partial charge in [-0.05, 0) is 111 Å². The number of benzene rings is 3. The number of carbonyl (C=O) groups excluding carboxylic acids is 1. The first-order valence-electron chi connectivity index (χ1n) is 22.1. The molecule has 3 N–H and O–H groups in total. The number of likely N-dealkylation sites (tertiary alicyclic amines) is 1. The predicted molar refractivity (Wildman–Crippen MR) is 249 cm³/mol. The maximum Gasteiger partial charge on any atom is 0.501 e. The van der Waals surface area contributed by atoms with E-state index < -0.39 is 52.8 Å². The van der Waals surface area contributed by atoms with Gasteiger partial charge in [0.1, 0.15) is 4.90 Å². The highest BCUT2D eigenvalue weighted by Crippen LogP contribution is 2.42. The number of anilines is 2. The highest BCUT2D eigenvalue weighted by Gasteiger charge is 2.48. The van der Waals surface area contributed by atoms with E-state index in [9.17, 15) is 39.9 Å². The molecule has 0 saturated carbocycles. The number of halogens is 3. The maximum absolute atomic E-state index is 14.2. The Morgan fingerprint density at radius 3 is 2.25 bits per heavy atom. The summed E-state index contributed by atoms with van der Waals surface area (Å²) >= 11 is 1.44. The van der Waals surface area contributed by atoms with E-state index in [1.54, 1.807) is 12.1 Å². The number of amides is 1. The number of piperidine rings is 1. The molecule has 2 aliphatic heterocycles. The van der Waals surface area contributed by atoms with Crippen molar-refractivity contribution in [2.24, 2.45) is 5.41 Å². The lowest BCUT2D eigenvalue weighted by Gasteiger charge is -2.39. The van der Waals surface area contributed by atoms with Gasteiger partial charge in [-0.2, -0.15) is 13.2 Å². The number of thioether (sulfide) groups is 1. The van der Waals surface area contributed by atoms with Crippen molar-refractivity contribution >= 4 is 48.9 Å². The zero-order chi connectivity index (χ0) is 46.3. The van der Waals surface area contributed by atoms with E-state index in [4.69, 9.17) is 0 Å². The molecule has 3 aromatic carbocycles. The monoisotopic (exact) mass is 945 g/mol. The Morgan fingerprint density at radius 1 is 0.938 bits per heavy atom. The molecule has 1 atom stereocenters. The summed E-state index contributed by atoms with van der Waals surface area (Å²) in [6, 6.07) is 17.6. The fourth-order valence-corrected chi connectivity index (χ4v) is 11.6. The van der Waals surface area contributed by atoms with Gasteiger partial charge in [-0.3, -0.25) is 9.69 Å². The zero-order valence-corrected chi connectivity index (χ0v) is 39.4. The van der Waals surface area contributed by atoms with E-state index in [2.05, 4.69) is 47.4 Å². The first-order valence-corrected chi connectivity index (χ1v) is 26.0. The van der Waals surface area contributed by atoms with Crippen molar-refractivity contribution in [2.75, 3.05) is 68.3 Å². The van der Waals surface area contributed by atoms with Gasteiger partial charge in [0.2, 0.25) is 0 Å². The van der Waals surface area contributed by atoms with Crippen LogP contribution in [0.15, 0.2) is 111 Å². The Morgan fingerprint density at radius 2 is 1.61 bits per heavy atom. The molecule has 350 valence electrons. The topological polar surface area (TPSA) is 139 Å². The Balaban J connectivity index is 1.13. The number of alkyl halides is 3. The summed E-state index contributed by atoms with van der Waals surface area (Å²) in [5.41, 5.74) is -0.845. The fraction of sp³-hybridized carbons (Fsp3) is 0.511. The number of nitrogens with one attached hydrogen (secondary N) is 2. The molecule has 1 amide bonds. The lowest BCUT2D eigenvalue weighted by molar-refractivity contribution is -0.0435. The molecule has 0 bridgehead atoms. The summed E-state index contributed by atoms with van der Waals surface area (Å²) in [6.07, 6.45) is 6.57. The van der Waals surface area contributed by atoms with Gasteiger partial charge < -0.3 is 20.2 Å². The third kappa shape index (κ3) is 12.9. The highest BCUT2D eigenvalue weighted by molar-refractivity contribution is 7.99. The molecular weight excluding hydrogens is 884 g/mol. The second-order valence-electron chi connectivity index (χ2n) is 18.0. The number of carbonyl (C=O) groups is 1. The van der Waals surface area contributed by atoms with Gasteiger partial charge in [-0.1, -0.05) is 63.1 Å². The number of aliphatic hydroxyl groups excluding tert-OH is 1. The average molecular weight is 946 g/mol. The van der Waals surface area contributed by atoms with Crippen molar-refractivity contribution in [1.29, 1.82) is 0 Å². The van der Waals surface area contributed by atoms with Crippen LogP contribution in [0.3, 0.4) is 0 Å². The van der Waals surface area contributed by atoms with Crippen molar-refractivity contribution in [3.63, 3.8) is 0 Å². The van der Waals surface area contributed by atoms with Crippen LogP contribution in [-0.2, 0) is 19.9 Å². The van der Waals surface area contributed by atoms with E-state index in [0.717, 1.165) is 87.5 Å². The van der Waals surface area contributed by atoms with Gasteiger partial charge in [0, 0.05) is 80.3 Å². The van der Waals surface area contributed by atoms with Crippen molar-refractivity contribution in [2.45, 2.75) is 104 Å². The van der Waals surface area contributed by atoms with Crippen molar-refractivity contribution < 1.29 is 39.9 Å². The molecule has 11 nitrogen and oxygen atoms in total. The summed E-state index contributed by atoms with van der Waals surface area (Å²) in [4.78, 5) is 18.9. The van der Waals surface area contributed by atoms with Crippen molar-refractivity contribution in [3.8, 4) is 0 Å². The molecule has 3 aromatic rings. The lowest BCUT2D eigenvalue weighted by atomic mass is 9.72. The molecule has 17 heteroatoms. The first-order chi connectivity index (χ1) is 30.2. The standard InChI is InChI=1S/C47H62F3N5O6S3/c1-5-9-34(2)42-31-46(3,4)22-18-36(42)32-54-26-28-55(29-27-54)38-14-12-35(13-15-38)45(57)52-64(60,61)41-16-17-43(44(30-41)63(58,59)47(48,49)50)51-37(33-62-40-10-7-6-8-11-40)19-23-53-24-20-39(56)21-25-53/h6-8,10-17,30,37,39,51,56H,2,5,9,18-29,31-33H2,1,3-4H3,(H,52,57)/t37-/m1/s1. The minimum atomic E-state index is -6.06. The van der Waals surface area contributed by atoms with Crippen LogP contribution in [0.25, 0.3) is 0 Å². The van der Waals surface area contributed by atoms with Gasteiger partial charge in [0.25, 0.3) is 25.8 Å². The molecule has 6 rings (SSSR count). The van der Waals surface area contributed by atoms with E-state index in [0.29, 0.717) is 50.7 Å². The molecule has 0 spiro atoms. The average Bonchev–Trinajstić information content (AvgIpc) is 3.26. The van der Waals surface area contributed by atoms with Gasteiger partial charge >= 0.3 is 5.51 Å². The van der Waals surface area contributed by atoms with Gasteiger partial charge in [-0.25, -0.2) is 21.6 Å². The maximum atomic E-state index is 14.2. The predicted octanol–water partition coefficient (Wildman–Crippen LogP) is 8.50. The quantitative estimate of drug-likeness (QED) is 0.106. The zero-order valence-electron chi connectivity index (χ0n) is 37.0. The van der Waals surface area contributed by atoms with Crippen LogP contribution in [0.2, 0.25) is 0 Å². The SMILES string of the molecule is C=C(CCC)C1=C(CN2CCN(c3ccc(C(=O)NS(=O)(=O)c4ccc(N[C@H](CCN5CCC(O)CC5)CSc5ccccc5)c(S(=O)(=O)C(F)(F)F)c4)cc3)CC2)CCC(C)(C)C1. The second-order valence-corrected chi connectivity index (χ2v) is 22.6. The normalized spacial score (nSPS) is 18.8. The fourth-order valence-electron chi connectivity index (χ4n) is 8.58. The number of nitrogens with zero attached hydrogens (tertiary/aromatic N) is 3. The summed E-state index contributed by atoms with van der Waals surface area (Å²) < 4.78 is 97.7. The summed E-state index contributed by atoms with van der Waals surface area (Å²) in [6.45, 7) is 17.2. The summed E-state index contributed by atoms with van der Waals surface area (Å²) in [7, 11) is -10.9. The number of aliphatic hydroxyl groups is 1. The number of hydrogen-bond acceptors (Lipinski definition) is 11. The van der Waals surface area contributed by atoms with E-state index in [-0.39, 0.29) is 17.1 Å². The van der Waals surface area contributed by atoms with Crippen molar-refractivity contribution in [3.05, 3.63) is 102 Å². The summed E-state index contributed by atoms with van der Waals surface area (Å²) in [5, 5.41) is 12.9. The Bertz CT molecular complexity index is 2340. The number of piperazine rings is 1. The minimum absolute atomic E-state index is 0.00125. The van der Waals surface area contributed by atoms with Crippen LogP contribution in [0.1, 0.15) is 82.5 Å². The molecule has 64 heavy (non-hydrogen) atoms. The molecule has 2 fully saturated rings. The highest BCUT2D eigenvalue weighted by atomic mass is 32.2. The van der Waals surface area contributed by atoms with Crippen LogP contribution in [-0.4, -0.2) is 113 Å². The van der Waals surface area contributed by atoms with Crippen LogP contribution >= 0.6 is 11.8 Å². The number of sulfonamides is 1. The van der Waals surface area contributed by atoms with Gasteiger partial charge in [0.15, 0.2) is 0 Å². The van der Waals surface area contributed by atoms with Crippen LogP contribution in [0.4, 0.5) is 24.5 Å². The smallest absolute Gasteiger partial charge is 0.393 e. The Hall–Kier alpha value is -3.87. The molecule has 2 heterocycles.